The number of thiocarbonyl (C=S) groups is 1. The van der Waals surface area contributed by atoms with Gasteiger partial charge in [0.25, 0.3) is 5.91 Å². The molecule has 3 N–H and O–H groups in total. The number of primary amides is 1. The Morgan fingerprint density at radius 3 is 2.54 bits per heavy atom. The summed E-state index contributed by atoms with van der Waals surface area (Å²) in [7, 11) is 0. The van der Waals surface area contributed by atoms with Crippen LogP contribution < -0.4 is 15.8 Å². The Balaban J connectivity index is 2.02. The zero-order valence-electron chi connectivity index (χ0n) is 15.9. The second kappa shape index (κ2) is 11.0. The lowest BCUT2D eigenvalue weighted by Gasteiger charge is -2.25. The summed E-state index contributed by atoms with van der Waals surface area (Å²) in [4.78, 5) is 25.5. The molecule has 0 aliphatic rings. The molecular formula is C21H25N3O3S. The molecule has 6 nitrogen and oxygen atoms in total. The number of carbonyl (C=O) groups is 2. The number of hydrogen-bond donors (Lipinski definition) is 2. The second-order valence-corrected chi connectivity index (χ2v) is 6.55. The van der Waals surface area contributed by atoms with Crippen LogP contribution in [0.25, 0.3) is 0 Å². The number of nitrogens with two attached hydrogens (primary N) is 1. The van der Waals surface area contributed by atoms with E-state index in [4.69, 9.17) is 22.7 Å². The van der Waals surface area contributed by atoms with Crippen molar-refractivity contribution >= 4 is 29.1 Å². The first-order chi connectivity index (χ1) is 13.5. The molecule has 0 radical (unpaired) electrons. The number of ether oxygens (including phenoxy) is 1. The fourth-order valence-corrected chi connectivity index (χ4v) is 2.89. The van der Waals surface area contributed by atoms with Crippen LogP contribution in [0, 0.1) is 0 Å². The van der Waals surface area contributed by atoms with E-state index in [1.807, 2.05) is 37.3 Å². The van der Waals surface area contributed by atoms with Crippen LogP contribution in [0.15, 0.2) is 54.6 Å². The van der Waals surface area contributed by atoms with Gasteiger partial charge in [-0.05, 0) is 49.3 Å². The maximum Gasteiger partial charge on any atom is 0.257 e. The van der Waals surface area contributed by atoms with E-state index < -0.39 is 5.91 Å². The number of amides is 2. The fraction of sp³-hybridized carbons (Fsp3) is 0.286. The zero-order valence-corrected chi connectivity index (χ0v) is 16.7. The highest BCUT2D eigenvalue weighted by Gasteiger charge is 2.15. The summed E-state index contributed by atoms with van der Waals surface area (Å²) in [6, 6.07) is 16.8. The molecule has 0 heterocycles. The summed E-state index contributed by atoms with van der Waals surface area (Å²) in [5.41, 5.74) is 6.87. The van der Waals surface area contributed by atoms with Gasteiger partial charge in [0, 0.05) is 25.1 Å². The molecule has 0 aliphatic carbocycles. The summed E-state index contributed by atoms with van der Waals surface area (Å²) < 4.78 is 5.43. The van der Waals surface area contributed by atoms with Crippen LogP contribution >= 0.6 is 12.2 Å². The Hall–Kier alpha value is -2.93. The molecule has 0 bridgehead atoms. The largest absolute Gasteiger partial charge is 0.494 e. The van der Waals surface area contributed by atoms with Gasteiger partial charge in [0.05, 0.1) is 6.61 Å². The first-order valence-corrected chi connectivity index (χ1v) is 9.55. The highest BCUT2D eigenvalue weighted by atomic mass is 32.1. The van der Waals surface area contributed by atoms with Crippen LogP contribution in [-0.2, 0) is 11.2 Å². The van der Waals surface area contributed by atoms with Crippen LogP contribution in [0.5, 0.6) is 5.75 Å². The van der Waals surface area contributed by atoms with Gasteiger partial charge < -0.3 is 15.4 Å². The third kappa shape index (κ3) is 7.00. The predicted octanol–water partition coefficient (Wildman–Crippen LogP) is 2.52. The Labute approximate surface area is 170 Å². The monoisotopic (exact) mass is 399 g/mol. The lowest BCUT2D eigenvalue weighted by Crippen LogP contribution is -2.44. The van der Waals surface area contributed by atoms with Crippen molar-refractivity contribution in [1.29, 1.82) is 0 Å². The van der Waals surface area contributed by atoms with Gasteiger partial charge >= 0.3 is 0 Å². The molecule has 2 amide bonds. The quantitative estimate of drug-likeness (QED) is 0.633. The maximum atomic E-state index is 12.6. The van der Waals surface area contributed by atoms with Gasteiger partial charge in [-0.25, -0.2) is 0 Å². The summed E-state index contributed by atoms with van der Waals surface area (Å²) in [5, 5.41) is 3.00. The minimum Gasteiger partial charge on any atom is -0.494 e. The van der Waals surface area contributed by atoms with Crippen molar-refractivity contribution in [3.8, 4) is 5.75 Å². The molecule has 7 heteroatoms. The van der Waals surface area contributed by atoms with E-state index >= 15 is 0 Å². The molecule has 0 aromatic heterocycles. The van der Waals surface area contributed by atoms with Crippen molar-refractivity contribution in [1.82, 2.24) is 10.2 Å². The predicted molar refractivity (Wildman–Crippen MR) is 113 cm³/mol. The van der Waals surface area contributed by atoms with Crippen molar-refractivity contribution in [2.75, 3.05) is 19.7 Å². The molecule has 0 saturated heterocycles. The van der Waals surface area contributed by atoms with Gasteiger partial charge in [-0.3, -0.25) is 14.9 Å². The van der Waals surface area contributed by atoms with E-state index in [9.17, 15) is 9.59 Å². The normalized spacial score (nSPS) is 10.2. The minimum atomic E-state index is -0.414. The van der Waals surface area contributed by atoms with Crippen molar-refractivity contribution in [3.05, 3.63) is 65.7 Å². The Morgan fingerprint density at radius 2 is 1.86 bits per heavy atom. The van der Waals surface area contributed by atoms with Gasteiger partial charge in [-0.2, -0.15) is 0 Å². The Kier molecular flexibility index (Phi) is 8.42. The molecule has 2 aromatic rings. The number of hydrogen-bond acceptors (Lipinski definition) is 4. The van der Waals surface area contributed by atoms with E-state index in [2.05, 4.69) is 5.32 Å². The van der Waals surface area contributed by atoms with Crippen LogP contribution in [0.4, 0.5) is 0 Å². The first-order valence-electron chi connectivity index (χ1n) is 9.15. The molecule has 0 unspecified atom stereocenters. The fourth-order valence-electron chi connectivity index (χ4n) is 2.61. The average molecular weight is 400 g/mol. The zero-order chi connectivity index (χ0) is 20.4. The smallest absolute Gasteiger partial charge is 0.257 e. The summed E-state index contributed by atoms with van der Waals surface area (Å²) in [6.45, 7) is 3.31. The van der Waals surface area contributed by atoms with Crippen molar-refractivity contribution < 1.29 is 14.3 Å². The third-order valence-electron chi connectivity index (χ3n) is 4.06. The first kappa shape index (κ1) is 21.4. The van der Waals surface area contributed by atoms with E-state index in [0.29, 0.717) is 31.0 Å². The van der Waals surface area contributed by atoms with E-state index in [1.54, 1.807) is 29.2 Å². The van der Waals surface area contributed by atoms with Gasteiger partial charge in [-0.1, -0.05) is 36.4 Å². The van der Waals surface area contributed by atoms with Crippen molar-refractivity contribution in [3.63, 3.8) is 0 Å². The van der Waals surface area contributed by atoms with Crippen LogP contribution in [-0.4, -0.2) is 41.5 Å². The molecule has 0 fully saturated rings. The average Bonchev–Trinajstić information content (AvgIpc) is 2.69. The van der Waals surface area contributed by atoms with Gasteiger partial charge in [-0.15, -0.1) is 0 Å². The third-order valence-corrected chi connectivity index (χ3v) is 4.42. The van der Waals surface area contributed by atoms with Gasteiger partial charge in [0.1, 0.15) is 5.75 Å². The standard InChI is InChI=1S/C21H25N3O3S/c1-2-27-18-10-6-9-17(15-18)20(26)23-21(28)24(14-12-19(22)25)13-11-16-7-4-3-5-8-16/h3-10,15H,2,11-14H2,1H3,(H2,22,25)(H,23,26,28). The van der Waals surface area contributed by atoms with Gasteiger partial charge in [0.15, 0.2) is 5.11 Å². The number of benzene rings is 2. The molecule has 0 aliphatic heterocycles. The summed E-state index contributed by atoms with van der Waals surface area (Å²) in [6.07, 6.45) is 0.889. The summed E-state index contributed by atoms with van der Waals surface area (Å²) >= 11 is 5.41. The number of rotatable bonds is 9. The van der Waals surface area contributed by atoms with Crippen LogP contribution in [0.1, 0.15) is 29.3 Å². The topological polar surface area (TPSA) is 84.7 Å². The van der Waals surface area contributed by atoms with Crippen LogP contribution in [0.3, 0.4) is 0 Å². The van der Waals surface area contributed by atoms with Crippen molar-refractivity contribution in [2.24, 2.45) is 5.73 Å². The highest BCUT2D eigenvalue weighted by molar-refractivity contribution is 7.80. The molecule has 0 saturated carbocycles. The second-order valence-electron chi connectivity index (χ2n) is 6.16. The van der Waals surface area contributed by atoms with E-state index in [1.165, 1.54) is 0 Å². The summed E-state index contributed by atoms with van der Waals surface area (Å²) in [5.74, 6) is -0.116. The lowest BCUT2D eigenvalue weighted by molar-refractivity contribution is -0.118. The SMILES string of the molecule is CCOc1cccc(C(=O)NC(=S)N(CCC(N)=O)CCc2ccccc2)c1. The maximum absolute atomic E-state index is 12.6. The lowest BCUT2D eigenvalue weighted by atomic mass is 10.1. The molecule has 0 atom stereocenters. The van der Waals surface area contributed by atoms with Crippen molar-refractivity contribution in [2.45, 2.75) is 19.8 Å². The molecule has 148 valence electrons. The van der Waals surface area contributed by atoms with E-state index in [-0.39, 0.29) is 17.4 Å². The molecule has 2 rings (SSSR count). The molecule has 0 spiro atoms. The molecule has 28 heavy (non-hydrogen) atoms. The molecule has 2 aromatic carbocycles. The van der Waals surface area contributed by atoms with Gasteiger partial charge in [0.2, 0.25) is 5.91 Å². The molecular weight excluding hydrogens is 374 g/mol. The minimum absolute atomic E-state index is 0.157. The number of nitrogens with one attached hydrogen (secondary N) is 1. The highest BCUT2D eigenvalue weighted by Crippen LogP contribution is 2.13. The number of nitrogens with zero attached hydrogens (tertiary/aromatic N) is 1. The van der Waals surface area contributed by atoms with E-state index in [0.717, 1.165) is 12.0 Å². The van der Waals surface area contributed by atoms with Crippen LogP contribution in [0.2, 0.25) is 0 Å². The Morgan fingerprint density at radius 1 is 1.11 bits per heavy atom. The Bertz CT molecular complexity index is 812. The number of carbonyl (C=O) groups excluding carboxylic acids is 2.